The lowest BCUT2D eigenvalue weighted by Crippen LogP contribution is -1.83. The van der Waals surface area contributed by atoms with Gasteiger partial charge in [-0.2, -0.15) is 0 Å². The van der Waals surface area contributed by atoms with Crippen LogP contribution in [-0.4, -0.2) is 12.8 Å². The van der Waals surface area contributed by atoms with Crippen LogP contribution in [0.15, 0.2) is 17.3 Å². The normalized spacial score (nSPS) is 19.4. The summed E-state index contributed by atoms with van der Waals surface area (Å²) in [7, 11) is 0. The quantitative estimate of drug-likeness (QED) is 0.432. The van der Waals surface area contributed by atoms with Crippen LogP contribution in [0.4, 0.5) is 0 Å². The van der Waals surface area contributed by atoms with E-state index in [1.54, 1.807) is 6.20 Å². The molecule has 7 heavy (non-hydrogen) atoms. The first kappa shape index (κ1) is 4.53. The Kier molecular flexibility index (Phi) is 1.63. The first-order chi connectivity index (χ1) is 3.50. The monoisotopic (exact) mass is 95.0 g/mol. The molecule has 0 N–H and O–H groups in total. The van der Waals surface area contributed by atoms with E-state index in [9.17, 15) is 0 Å². The molecule has 0 amide bonds. The maximum Gasteiger partial charge on any atom is 0.178 e. The van der Waals surface area contributed by atoms with Crippen molar-refractivity contribution < 1.29 is 4.74 Å². The molecule has 0 aromatic rings. The summed E-state index contributed by atoms with van der Waals surface area (Å²) in [5, 5.41) is 0. The Hall–Kier alpha value is -0.630. The molecular weight excluding hydrogens is 90.1 g/mol. The summed E-state index contributed by atoms with van der Waals surface area (Å²) in [5.74, 6) is 0. The second-order valence-corrected chi connectivity index (χ2v) is 1.09. The molecule has 0 unspecified atom stereocenters. The molecule has 36 valence electrons. The minimum Gasteiger partial charge on any atom is -0.358 e. The van der Waals surface area contributed by atoms with E-state index in [-0.39, 0.29) is 0 Å². The molecule has 1 heterocycles. The van der Waals surface area contributed by atoms with Crippen molar-refractivity contribution in [2.75, 3.05) is 6.61 Å². The van der Waals surface area contributed by atoms with E-state index in [2.05, 4.69) is 11.6 Å². The van der Waals surface area contributed by atoms with Crippen LogP contribution in [-0.2, 0) is 4.74 Å². The number of nitrogens with zero attached hydrogens (tertiary/aromatic N) is 1. The highest BCUT2D eigenvalue weighted by molar-refractivity contribution is 5.66. The molecule has 2 nitrogen and oxygen atoms in total. The molecule has 2 heteroatoms. The lowest BCUT2D eigenvalue weighted by Gasteiger charge is -1.84. The van der Waals surface area contributed by atoms with Gasteiger partial charge in [0.2, 0.25) is 0 Å². The van der Waals surface area contributed by atoms with E-state index in [4.69, 9.17) is 4.74 Å². The zero-order valence-electron chi connectivity index (χ0n) is 3.79. The lowest BCUT2D eigenvalue weighted by molar-refractivity contribution is 0.263. The zero-order valence-corrected chi connectivity index (χ0v) is 3.79. The summed E-state index contributed by atoms with van der Waals surface area (Å²) < 4.78 is 4.71. The molecule has 1 aliphatic rings. The van der Waals surface area contributed by atoms with E-state index in [0.29, 0.717) is 6.61 Å². The maximum absolute atomic E-state index is 4.71. The standard InChI is InChI=1S/C5H5NO/c1-2-6-3-5-7-4-1/h1-3H,4H2. The number of hydrogen-bond acceptors (Lipinski definition) is 2. The predicted molar refractivity (Wildman–Crippen MR) is 26.8 cm³/mol. The van der Waals surface area contributed by atoms with Crippen molar-refractivity contribution in [3.63, 3.8) is 0 Å². The highest BCUT2D eigenvalue weighted by Gasteiger charge is 1.83. The van der Waals surface area contributed by atoms with Gasteiger partial charge in [0.15, 0.2) is 6.61 Å². The Morgan fingerprint density at radius 2 is 2.71 bits per heavy atom. The molecule has 0 saturated heterocycles. The number of rotatable bonds is 0. The predicted octanol–water partition coefficient (Wildman–Crippen LogP) is 0.640. The Balaban J connectivity index is 2.39. The Morgan fingerprint density at radius 1 is 1.71 bits per heavy atom. The largest absolute Gasteiger partial charge is 0.358 e. The third kappa shape index (κ3) is 1.50. The van der Waals surface area contributed by atoms with Gasteiger partial charge in [0.25, 0.3) is 0 Å². The lowest BCUT2D eigenvalue weighted by atomic mass is 10.7. The molecule has 0 fully saturated rings. The van der Waals surface area contributed by atoms with E-state index in [1.165, 1.54) is 6.21 Å². The van der Waals surface area contributed by atoms with Gasteiger partial charge >= 0.3 is 0 Å². The average molecular weight is 95.1 g/mol. The summed E-state index contributed by atoms with van der Waals surface area (Å²) in [4.78, 5) is 3.73. The summed E-state index contributed by atoms with van der Waals surface area (Å²) in [6.45, 7) is 3.08. The van der Waals surface area contributed by atoms with Crippen LogP contribution in [0.5, 0.6) is 0 Å². The molecule has 2 radical (unpaired) electrons. The third-order valence-electron chi connectivity index (χ3n) is 0.582. The van der Waals surface area contributed by atoms with Crippen molar-refractivity contribution in [1.82, 2.24) is 0 Å². The van der Waals surface area contributed by atoms with Crippen molar-refractivity contribution in [3.05, 3.63) is 18.9 Å². The number of ether oxygens (including phenoxy) is 1. The van der Waals surface area contributed by atoms with E-state index < -0.39 is 0 Å². The van der Waals surface area contributed by atoms with Crippen LogP contribution in [0.1, 0.15) is 0 Å². The van der Waals surface area contributed by atoms with Crippen LogP contribution >= 0.6 is 0 Å². The second-order valence-electron chi connectivity index (χ2n) is 1.09. The van der Waals surface area contributed by atoms with Crippen LogP contribution in [0, 0.1) is 6.61 Å². The van der Waals surface area contributed by atoms with Crippen molar-refractivity contribution in [3.8, 4) is 0 Å². The average Bonchev–Trinajstić information content (AvgIpc) is 1.90. The topological polar surface area (TPSA) is 21.6 Å². The maximum atomic E-state index is 4.71. The van der Waals surface area contributed by atoms with Crippen LogP contribution in [0.2, 0.25) is 0 Å². The molecule has 0 saturated carbocycles. The van der Waals surface area contributed by atoms with E-state index in [0.717, 1.165) is 0 Å². The highest BCUT2D eigenvalue weighted by atomic mass is 16.5. The van der Waals surface area contributed by atoms with E-state index >= 15 is 0 Å². The Bertz CT molecular complexity index is 84.3. The molecular formula is C5H5NO. The fourth-order valence-electron chi connectivity index (χ4n) is 0.311. The third-order valence-corrected chi connectivity index (χ3v) is 0.582. The molecule has 0 atom stereocenters. The van der Waals surface area contributed by atoms with Gasteiger partial charge in [0.1, 0.15) is 0 Å². The van der Waals surface area contributed by atoms with Gasteiger partial charge in [-0.15, -0.1) is 0 Å². The molecule has 0 bridgehead atoms. The Labute approximate surface area is 42.5 Å². The molecule has 1 aliphatic heterocycles. The molecule has 0 aliphatic carbocycles. The van der Waals surface area contributed by atoms with E-state index in [1.807, 2.05) is 6.08 Å². The molecule has 0 spiro atoms. The number of aliphatic imine (C=N–C) groups is 1. The van der Waals surface area contributed by atoms with Crippen molar-refractivity contribution in [1.29, 1.82) is 0 Å². The minimum absolute atomic E-state index is 0.583. The van der Waals surface area contributed by atoms with Gasteiger partial charge in [-0.05, 0) is 6.08 Å². The van der Waals surface area contributed by atoms with Crippen LogP contribution < -0.4 is 0 Å². The number of hydrogen-bond donors (Lipinski definition) is 0. The first-order valence-electron chi connectivity index (χ1n) is 2.04. The molecule has 1 rings (SSSR count). The molecule has 0 aromatic heterocycles. The van der Waals surface area contributed by atoms with Crippen LogP contribution in [0.25, 0.3) is 0 Å². The minimum atomic E-state index is 0.583. The van der Waals surface area contributed by atoms with Crippen molar-refractivity contribution >= 4 is 6.21 Å². The fraction of sp³-hybridized carbons (Fsp3) is 0.200. The second kappa shape index (κ2) is 2.53. The van der Waals surface area contributed by atoms with Crippen molar-refractivity contribution in [2.45, 2.75) is 0 Å². The fourth-order valence-corrected chi connectivity index (χ4v) is 0.311. The first-order valence-corrected chi connectivity index (χ1v) is 2.04. The molecule has 0 aromatic carbocycles. The zero-order chi connectivity index (χ0) is 4.95. The summed E-state index contributed by atoms with van der Waals surface area (Å²) in [5.41, 5.74) is 0. The summed E-state index contributed by atoms with van der Waals surface area (Å²) in [6.07, 6.45) is 4.99. The van der Waals surface area contributed by atoms with Gasteiger partial charge < -0.3 is 4.74 Å². The SMILES string of the molecule is [C]1C=NC=CCO1. The van der Waals surface area contributed by atoms with Gasteiger partial charge in [0, 0.05) is 12.4 Å². The Morgan fingerprint density at radius 3 is 3.71 bits per heavy atom. The van der Waals surface area contributed by atoms with Gasteiger partial charge in [-0.25, -0.2) is 0 Å². The van der Waals surface area contributed by atoms with Gasteiger partial charge in [-0.1, -0.05) is 0 Å². The summed E-state index contributed by atoms with van der Waals surface area (Å²) in [6, 6.07) is 0. The van der Waals surface area contributed by atoms with Crippen molar-refractivity contribution in [2.24, 2.45) is 4.99 Å². The van der Waals surface area contributed by atoms with Gasteiger partial charge in [0.05, 0.1) is 6.61 Å². The summed E-state index contributed by atoms with van der Waals surface area (Å²) >= 11 is 0. The van der Waals surface area contributed by atoms with Gasteiger partial charge in [-0.3, -0.25) is 4.99 Å². The highest BCUT2D eigenvalue weighted by Crippen LogP contribution is 1.85. The van der Waals surface area contributed by atoms with Crippen LogP contribution in [0.3, 0.4) is 0 Å². The smallest absolute Gasteiger partial charge is 0.178 e.